The van der Waals surface area contributed by atoms with E-state index >= 15 is 0 Å². The number of benzene rings is 1. The zero-order valence-electron chi connectivity index (χ0n) is 12.6. The second kappa shape index (κ2) is 6.05. The molecule has 2 unspecified atom stereocenters. The molecular formula is C17H25ClN2. The van der Waals surface area contributed by atoms with Gasteiger partial charge in [-0.2, -0.15) is 0 Å². The fourth-order valence-corrected chi connectivity index (χ4v) is 4.00. The van der Waals surface area contributed by atoms with Crippen LogP contribution in [0, 0.1) is 5.92 Å². The highest BCUT2D eigenvalue weighted by atomic mass is 35.5. The fourth-order valence-electron chi connectivity index (χ4n) is 3.79. The number of rotatable bonds is 3. The van der Waals surface area contributed by atoms with Gasteiger partial charge in [0.1, 0.15) is 0 Å². The average molecular weight is 293 g/mol. The summed E-state index contributed by atoms with van der Waals surface area (Å²) < 4.78 is 0. The number of nitrogens with zero attached hydrogens (tertiary/aromatic N) is 2. The van der Waals surface area contributed by atoms with Crippen LogP contribution in [-0.4, -0.2) is 41.5 Å². The summed E-state index contributed by atoms with van der Waals surface area (Å²) in [6.45, 7) is 9.50. The molecule has 110 valence electrons. The first-order valence-electron chi connectivity index (χ1n) is 7.86. The highest BCUT2D eigenvalue weighted by molar-refractivity contribution is 6.30. The number of fused-ring (bicyclic) bond motifs is 1. The third kappa shape index (κ3) is 3.03. The Bertz CT molecular complexity index is 460. The average Bonchev–Trinajstić information content (AvgIpc) is 2.84. The number of piperazine rings is 1. The van der Waals surface area contributed by atoms with E-state index in [9.17, 15) is 0 Å². The van der Waals surface area contributed by atoms with Crippen LogP contribution in [-0.2, 0) is 6.54 Å². The molecule has 0 bridgehead atoms. The van der Waals surface area contributed by atoms with Gasteiger partial charge in [0.2, 0.25) is 0 Å². The summed E-state index contributed by atoms with van der Waals surface area (Å²) >= 11 is 6.12. The molecule has 2 aliphatic rings. The molecule has 20 heavy (non-hydrogen) atoms. The summed E-state index contributed by atoms with van der Waals surface area (Å²) in [6, 6.07) is 9.78. The van der Waals surface area contributed by atoms with Crippen LogP contribution in [0.15, 0.2) is 24.3 Å². The lowest BCUT2D eigenvalue weighted by Crippen LogP contribution is -2.57. The molecule has 0 amide bonds. The Morgan fingerprint density at radius 1 is 1.30 bits per heavy atom. The SMILES string of the molecule is CC(C)C1CN2CCCC2CN1Cc1cccc(Cl)c1. The maximum atomic E-state index is 6.12. The van der Waals surface area contributed by atoms with Gasteiger partial charge < -0.3 is 0 Å². The van der Waals surface area contributed by atoms with E-state index in [2.05, 4.69) is 41.8 Å². The molecule has 3 rings (SSSR count). The van der Waals surface area contributed by atoms with Crippen LogP contribution in [0.1, 0.15) is 32.3 Å². The summed E-state index contributed by atoms with van der Waals surface area (Å²) in [5.41, 5.74) is 1.34. The van der Waals surface area contributed by atoms with Crippen molar-refractivity contribution in [3.05, 3.63) is 34.9 Å². The number of hydrogen-bond donors (Lipinski definition) is 0. The summed E-state index contributed by atoms with van der Waals surface area (Å²) in [5.74, 6) is 0.704. The van der Waals surface area contributed by atoms with Gasteiger partial charge in [0.05, 0.1) is 0 Å². The smallest absolute Gasteiger partial charge is 0.0409 e. The van der Waals surface area contributed by atoms with Gasteiger partial charge in [-0.15, -0.1) is 0 Å². The topological polar surface area (TPSA) is 6.48 Å². The first-order chi connectivity index (χ1) is 9.63. The fraction of sp³-hybridized carbons (Fsp3) is 0.647. The van der Waals surface area contributed by atoms with E-state index in [4.69, 9.17) is 11.6 Å². The molecule has 2 heterocycles. The quantitative estimate of drug-likeness (QED) is 0.839. The van der Waals surface area contributed by atoms with Crippen molar-refractivity contribution in [2.75, 3.05) is 19.6 Å². The van der Waals surface area contributed by atoms with Crippen LogP contribution in [0.2, 0.25) is 5.02 Å². The van der Waals surface area contributed by atoms with Crippen LogP contribution in [0.3, 0.4) is 0 Å². The lowest BCUT2D eigenvalue weighted by Gasteiger charge is -2.45. The lowest BCUT2D eigenvalue weighted by atomic mass is 9.96. The Hall–Kier alpha value is -0.570. The van der Waals surface area contributed by atoms with E-state index in [-0.39, 0.29) is 0 Å². The van der Waals surface area contributed by atoms with Gasteiger partial charge in [0.25, 0.3) is 0 Å². The molecular weight excluding hydrogens is 268 g/mol. The number of hydrogen-bond acceptors (Lipinski definition) is 2. The van der Waals surface area contributed by atoms with Crippen LogP contribution < -0.4 is 0 Å². The zero-order chi connectivity index (χ0) is 14.1. The zero-order valence-corrected chi connectivity index (χ0v) is 13.3. The molecule has 2 aliphatic heterocycles. The van der Waals surface area contributed by atoms with E-state index < -0.39 is 0 Å². The largest absolute Gasteiger partial charge is 0.298 e. The molecule has 0 N–H and O–H groups in total. The van der Waals surface area contributed by atoms with Crippen molar-refractivity contribution >= 4 is 11.6 Å². The van der Waals surface area contributed by atoms with E-state index in [0.717, 1.165) is 17.6 Å². The monoisotopic (exact) mass is 292 g/mol. The Kier molecular flexibility index (Phi) is 4.34. The van der Waals surface area contributed by atoms with Crippen molar-refractivity contribution < 1.29 is 0 Å². The van der Waals surface area contributed by atoms with Crippen LogP contribution in [0.4, 0.5) is 0 Å². The van der Waals surface area contributed by atoms with Crippen LogP contribution in [0.5, 0.6) is 0 Å². The molecule has 0 spiro atoms. The van der Waals surface area contributed by atoms with Gasteiger partial charge >= 0.3 is 0 Å². The van der Waals surface area contributed by atoms with Crippen molar-refractivity contribution in [1.82, 2.24) is 9.80 Å². The number of halogens is 1. The van der Waals surface area contributed by atoms with Crippen molar-refractivity contribution in [1.29, 1.82) is 0 Å². The third-order valence-corrected chi connectivity index (χ3v) is 5.11. The highest BCUT2D eigenvalue weighted by Crippen LogP contribution is 2.29. The second-order valence-corrected chi connectivity index (χ2v) is 7.10. The van der Waals surface area contributed by atoms with Gasteiger partial charge in [0.15, 0.2) is 0 Å². The predicted octanol–water partition coefficient (Wildman–Crippen LogP) is 3.64. The van der Waals surface area contributed by atoms with Crippen LogP contribution >= 0.6 is 11.6 Å². The molecule has 0 aromatic heterocycles. The maximum absolute atomic E-state index is 6.12. The Labute approximate surface area is 127 Å². The molecule has 2 nitrogen and oxygen atoms in total. The third-order valence-electron chi connectivity index (χ3n) is 4.88. The summed E-state index contributed by atoms with van der Waals surface area (Å²) in [5, 5.41) is 0.850. The van der Waals surface area contributed by atoms with Crippen molar-refractivity contribution in [2.24, 2.45) is 5.92 Å². The van der Waals surface area contributed by atoms with E-state index in [0.29, 0.717) is 12.0 Å². The minimum atomic E-state index is 0.670. The highest BCUT2D eigenvalue weighted by Gasteiger charge is 2.37. The standard InChI is InChI=1S/C17H25ClN2/c1-13(2)17-12-19-8-4-7-16(19)11-20(17)10-14-5-3-6-15(18)9-14/h3,5-6,9,13,16-17H,4,7-8,10-12H2,1-2H3. The molecule has 1 aromatic carbocycles. The van der Waals surface area contributed by atoms with Crippen LogP contribution in [0.25, 0.3) is 0 Å². The molecule has 2 atom stereocenters. The molecule has 0 radical (unpaired) electrons. The summed E-state index contributed by atoms with van der Waals surface area (Å²) in [7, 11) is 0. The molecule has 3 heteroatoms. The molecule has 0 saturated carbocycles. The normalized spacial score (nSPS) is 28.0. The van der Waals surface area contributed by atoms with Gasteiger partial charge in [-0.25, -0.2) is 0 Å². The second-order valence-electron chi connectivity index (χ2n) is 6.66. The molecule has 1 aromatic rings. The first kappa shape index (κ1) is 14.4. The Morgan fingerprint density at radius 2 is 2.15 bits per heavy atom. The van der Waals surface area contributed by atoms with Crippen molar-refractivity contribution in [2.45, 2.75) is 45.3 Å². The van der Waals surface area contributed by atoms with Crippen molar-refractivity contribution in [3.8, 4) is 0 Å². The van der Waals surface area contributed by atoms with E-state index in [1.54, 1.807) is 0 Å². The lowest BCUT2D eigenvalue weighted by molar-refractivity contribution is 0.0239. The van der Waals surface area contributed by atoms with Gasteiger partial charge in [0, 0.05) is 36.7 Å². The van der Waals surface area contributed by atoms with E-state index in [1.807, 2.05) is 6.07 Å². The van der Waals surface area contributed by atoms with E-state index in [1.165, 1.54) is 38.0 Å². The maximum Gasteiger partial charge on any atom is 0.0409 e. The minimum absolute atomic E-state index is 0.670. The predicted molar refractivity (Wildman–Crippen MR) is 85.1 cm³/mol. The van der Waals surface area contributed by atoms with Gasteiger partial charge in [-0.05, 0) is 43.0 Å². The molecule has 2 saturated heterocycles. The summed E-state index contributed by atoms with van der Waals surface area (Å²) in [4.78, 5) is 5.39. The van der Waals surface area contributed by atoms with Crippen molar-refractivity contribution in [3.63, 3.8) is 0 Å². The Balaban J connectivity index is 1.75. The summed E-state index contributed by atoms with van der Waals surface area (Å²) in [6.07, 6.45) is 2.75. The molecule has 2 fully saturated rings. The minimum Gasteiger partial charge on any atom is -0.298 e. The van der Waals surface area contributed by atoms with Gasteiger partial charge in [-0.1, -0.05) is 37.6 Å². The van der Waals surface area contributed by atoms with Gasteiger partial charge in [-0.3, -0.25) is 9.80 Å². The first-order valence-corrected chi connectivity index (χ1v) is 8.24. The molecule has 0 aliphatic carbocycles. The Morgan fingerprint density at radius 3 is 2.90 bits per heavy atom.